The van der Waals surface area contributed by atoms with E-state index in [9.17, 15) is 9.90 Å². The first-order valence-electron chi connectivity index (χ1n) is 10.5. The van der Waals surface area contributed by atoms with E-state index in [1.54, 1.807) is 30.4 Å². The fourth-order valence-electron chi connectivity index (χ4n) is 3.83. The van der Waals surface area contributed by atoms with Crippen LogP contribution in [0, 0.1) is 11.3 Å². The summed E-state index contributed by atoms with van der Waals surface area (Å²) in [6.45, 7) is 0. The second-order valence-electron chi connectivity index (χ2n) is 8.04. The summed E-state index contributed by atoms with van der Waals surface area (Å²) < 4.78 is 11.7. The third kappa shape index (κ3) is 5.43. The minimum atomic E-state index is -0.276. The lowest BCUT2D eigenvalue weighted by atomic mass is 9.92. The van der Waals surface area contributed by atoms with Gasteiger partial charge < -0.3 is 19.9 Å². The minimum Gasteiger partial charge on any atom is -0.490 e. The first-order valence-corrected chi connectivity index (χ1v) is 10.8. The lowest BCUT2D eigenvalue weighted by molar-refractivity contribution is -0.119. The molecule has 0 bridgehead atoms. The van der Waals surface area contributed by atoms with Gasteiger partial charge in [0.15, 0.2) is 0 Å². The molecule has 8 nitrogen and oxygen atoms in total. The van der Waals surface area contributed by atoms with Crippen molar-refractivity contribution in [3.63, 3.8) is 0 Å². The van der Waals surface area contributed by atoms with Crippen LogP contribution in [-0.2, 0) is 9.53 Å². The molecule has 9 heteroatoms. The molecule has 0 radical (unpaired) electrons. The lowest BCUT2D eigenvalue weighted by Crippen LogP contribution is -2.46. The zero-order valence-corrected chi connectivity index (χ0v) is 17.7. The molecule has 1 aromatic rings. The number of carbonyl (C=O) groups is 1. The van der Waals surface area contributed by atoms with Crippen LogP contribution >= 0.6 is 11.6 Å². The molecular weight excluding hydrogens is 420 g/mol. The van der Waals surface area contributed by atoms with Gasteiger partial charge in [0, 0.05) is 31.0 Å². The van der Waals surface area contributed by atoms with Gasteiger partial charge in [0.2, 0.25) is 5.88 Å². The van der Waals surface area contributed by atoms with Crippen LogP contribution in [0.5, 0.6) is 5.75 Å². The molecule has 1 aromatic carbocycles. The van der Waals surface area contributed by atoms with Crippen molar-refractivity contribution in [1.82, 2.24) is 16.2 Å². The van der Waals surface area contributed by atoms with Crippen molar-refractivity contribution >= 4 is 17.5 Å². The van der Waals surface area contributed by atoms with E-state index in [1.807, 2.05) is 6.07 Å². The van der Waals surface area contributed by atoms with Gasteiger partial charge in [0.25, 0.3) is 5.91 Å². The van der Waals surface area contributed by atoms with Crippen molar-refractivity contribution in [3.05, 3.63) is 52.5 Å². The molecule has 4 N–H and O–H groups in total. The van der Waals surface area contributed by atoms with Crippen molar-refractivity contribution < 1.29 is 19.4 Å². The van der Waals surface area contributed by atoms with Crippen LogP contribution in [0.15, 0.2) is 41.9 Å². The van der Waals surface area contributed by atoms with E-state index in [2.05, 4.69) is 16.2 Å². The van der Waals surface area contributed by atoms with Crippen molar-refractivity contribution in [2.45, 2.75) is 62.9 Å². The first-order chi connectivity index (χ1) is 15.0. The summed E-state index contributed by atoms with van der Waals surface area (Å²) in [6.07, 6.45) is 7.70. The molecule has 1 amide bonds. The van der Waals surface area contributed by atoms with Crippen molar-refractivity contribution in [1.29, 1.82) is 5.26 Å². The van der Waals surface area contributed by atoms with Gasteiger partial charge in [-0.3, -0.25) is 15.6 Å². The van der Waals surface area contributed by atoms with E-state index in [0.717, 1.165) is 25.7 Å². The average Bonchev–Trinajstić information content (AvgIpc) is 2.75. The quantitative estimate of drug-likeness (QED) is 0.532. The molecule has 1 aliphatic heterocycles. The van der Waals surface area contributed by atoms with Gasteiger partial charge in [0.1, 0.15) is 23.6 Å². The summed E-state index contributed by atoms with van der Waals surface area (Å²) >= 11 is 6.06. The number of allylic oxidation sites excluding steroid dienone is 2. The maximum absolute atomic E-state index is 12.5. The van der Waals surface area contributed by atoms with E-state index in [4.69, 9.17) is 26.3 Å². The fraction of sp³-hybridized carbons (Fsp3) is 0.455. The zero-order chi connectivity index (χ0) is 21.8. The number of benzene rings is 1. The van der Waals surface area contributed by atoms with Crippen molar-refractivity contribution in [3.8, 4) is 11.8 Å². The SMILES string of the molecule is N#Cc1ccc(OC2CCC(NC(=O)C3=CC=C(OC4CC(O)C4)NN3)CC2)cc1Cl. The van der Waals surface area contributed by atoms with Crippen molar-refractivity contribution in [2.75, 3.05) is 0 Å². The molecule has 3 aliphatic rings. The Bertz CT molecular complexity index is 928. The Morgan fingerprint density at radius 3 is 2.52 bits per heavy atom. The molecule has 2 fully saturated rings. The summed E-state index contributed by atoms with van der Waals surface area (Å²) in [6, 6.07) is 7.19. The molecular formula is C22H25ClN4O4. The molecule has 0 unspecified atom stereocenters. The van der Waals surface area contributed by atoms with Crippen LogP contribution in [0.2, 0.25) is 5.02 Å². The monoisotopic (exact) mass is 444 g/mol. The number of hydrogen-bond donors (Lipinski definition) is 4. The Morgan fingerprint density at radius 1 is 1.13 bits per heavy atom. The van der Waals surface area contributed by atoms with Crippen LogP contribution in [-0.4, -0.2) is 35.4 Å². The smallest absolute Gasteiger partial charge is 0.269 e. The van der Waals surface area contributed by atoms with Crippen LogP contribution in [0.3, 0.4) is 0 Å². The summed E-state index contributed by atoms with van der Waals surface area (Å²) in [5.74, 6) is 1.01. The van der Waals surface area contributed by atoms with Crippen molar-refractivity contribution in [2.24, 2.45) is 0 Å². The third-order valence-electron chi connectivity index (χ3n) is 5.70. The van der Waals surface area contributed by atoms with Crippen LogP contribution in [0.1, 0.15) is 44.1 Å². The molecule has 0 atom stereocenters. The molecule has 0 aromatic heterocycles. The Hall–Kier alpha value is -2.89. The number of hydrogen-bond acceptors (Lipinski definition) is 7. The predicted molar refractivity (Wildman–Crippen MR) is 114 cm³/mol. The highest BCUT2D eigenvalue weighted by Gasteiger charge is 2.30. The second kappa shape index (κ2) is 9.50. The van der Waals surface area contributed by atoms with Crippen LogP contribution in [0.25, 0.3) is 0 Å². The fourth-order valence-corrected chi connectivity index (χ4v) is 4.04. The summed E-state index contributed by atoms with van der Waals surface area (Å²) in [4.78, 5) is 12.5. The number of nitrogens with zero attached hydrogens (tertiary/aromatic N) is 1. The van der Waals surface area contributed by atoms with E-state index in [1.165, 1.54) is 0 Å². The highest BCUT2D eigenvalue weighted by Crippen LogP contribution is 2.28. The van der Waals surface area contributed by atoms with Gasteiger partial charge in [-0.2, -0.15) is 5.26 Å². The highest BCUT2D eigenvalue weighted by atomic mass is 35.5. The number of hydrazine groups is 1. The number of rotatable bonds is 6. The number of carbonyl (C=O) groups excluding carboxylic acids is 1. The Balaban J connectivity index is 1.21. The van der Waals surface area contributed by atoms with Gasteiger partial charge >= 0.3 is 0 Å². The molecule has 2 saturated carbocycles. The molecule has 0 saturated heterocycles. The number of halogens is 1. The largest absolute Gasteiger partial charge is 0.490 e. The summed E-state index contributed by atoms with van der Waals surface area (Å²) in [5, 5.41) is 21.7. The summed E-state index contributed by atoms with van der Waals surface area (Å²) in [7, 11) is 0. The maximum atomic E-state index is 12.5. The average molecular weight is 445 g/mol. The van der Waals surface area contributed by atoms with Gasteiger partial charge in [0.05, 0.1) is 22.8 Å². The normalized spacial score (nSPS) is 27.3. The molecule has 4 rings (SSSR count). The second-order valence-corrected chi connectivity index (χ2v) is 8.45. The predicted octanol–water partition coefficient (Wildman–Crippen LogP) is 2.39. The molecule has 2 aliphatic carbocycles. The topological polar surface area (TPSA) is 116 Å². The minimum absolute atomic E-state index is 0.0111. The standard InChI is InChI=1S/C22H25ClN4O4/c23-19-11-17(4-1-13(19)12-24)30-16-5-2-14(3-6-16)25-22(29)20-7-8-21(27-26-20)31-18-9-15(28)10-18/h1,4,7-8,11,14-16,18,26-28H,2-3,5-6,9-10H2,(H,25,29). The highest BCUT2D eigenvalue weighted by molar-refractivity contribution is 6.31. The Labute approximate surface area is 185 Å². The van der Waals surface area contributed by atoms with Gasteiger partial charge in [-0.1, -0.05) is 11.6 Å². The molecule has 164 valence electrons. The Morgan fingerprint density at radius 2 is 1.90 bits per heavy atom. The van der Waals surface area contributed by atoms with E-state index in [0.29, 0.717) is 40.8 Å². The number of ether oxygens (including phenoxy) is 2. The number of aliphatic hydroxyl groups excluding tert-OH is 1. The first kappa shape index (κ1) is 21.3. The van der Waals surface area contributed by atoms with Crippen LogP contribution < -0.4 is 20.9 Å². The van der Waals surface area contributed by atoms with Gasteiger partial charge in [-0.05, 0) is 43.9 Å². The Kier molecular flexibility index (Phi) is 6.54. The number of nitriles is 1. The number of amides is 1. The molecule has 31 heavy (non-hydrogen) atoms. The van der Waals surface area contributed by atoms with Gasteiger partial charge in [-0.25, -0.2) is 0 Å². The lowest BCUT2D eigenvalue weighted by Gasteiger charge is -2.33. The maximum Gasteiger partial charge on any atom is 0.269 e. The van der Waals surface area contributed by atoms with E-state index >= 15 is 0 Å². The molecule has 0 spiro atoms. The molecule has 1 heterocycles. The third-order valence-corrected chi connectivity index (χ3v) is 6.02. The number of nitrogens with one attached hydrogen (secondary N) is 3. The van der Waals surface area contributed by atoms with E-state index in [-0.39, 0.29) is 30.3 Å². The zero-order valence-electron chi connectivity index (χ0n) is 16.9. The number of aliphatic hydroxyl groups is 1. The van der Waals surface area contributed by atoms with Gasteiger partial charge in [-0.15, -0.1) is 0 Å². The summed E-state index contributed by atoms with van der Waals surface area (Å²) in [5.41, 5.74) is 6.59. The van der Waals surface area contributed by atoms with Crippen LogP contribution in [0.4, 0.5) is 0 Å². The van der Waals surface area contributed by atoms with E-state index < -0.39 is 0 Å².